The van der Waals surface area contributed by atoms with E-state index in [0.717, 1.165) is 39.0 Å². The summed E-state index contributed by atoms with van der Waals surface area (Å²) in [6, 6.07) is 12.2. The van der Waals surface area contributed by atoms with Gasteiger partial charge in [0.05, 0.1) is 12.3 Å². The summed E-state index contributed by atoms with van der Waals surface area (Å²) in [4.78, 5) is 18.3. The Morgan fingerprint density at radius 2 is 1.79 bits per heavy atom. The number of carbonyl (C=O) groups excluding carboxylic acids is 1. The van der Waals surface area contributed by atoms with Crippen LogP contribution in [0.4, 0.5) is 15.8 Å². The van der Waals surface area contributed by atoms with Gasteiger partial charge in [-0.1, -0.05) is 30.3 Å². The summed E-state index contributed by atoms with van der Waals surface area (Å²) in [6.07, 6.45) is 0.844. The van der Waals surface area contributed by atoms with Crippen LogP contribution in [0.1, 0.15) is 15.9 Å². The van der Waals surface area contributed by atoms with Crippen molar-refractivity contribution in [2.45, 2.75) is 6.54 Å². The fraction of sp³-hybridized carbons (Fsp3) is 0.263. The van der Waals surface area contributed by atoms with E-state index in [4.69, 9.17) is 6.57 Å². The molecule has 24 heavy (non-hydrogen) atoms. The standard InChI is InChI=1S/C19H18FN3O/c1-21-17-6-7-19(18(20)12-17)23-10-8-22(9-11-23)13-15-2-4-16(14-24)5-3-15/h2-7,12,14H,8-11,13H2. The minimum absolute atomic E-state index is 0.327. The number of carbonyl (C=O) groups is 1. The molecule has 1 aliphatic rings. The molecule has 5 heteroatoms. The fourth-order valence-corrected chi connectivity index (χ4v) is 2.93. The van der Waals surface area contributed by atoms with Crippen LogP contribution in [0, 0.1) is 12.4 Å². The Hall–Kier alpha value is -2.71. The third kappa shape index (κ3) is 3.61. The maximum atomic E-state index is 14.1. The Bertz CT molecular complexity index is 759. The van der Waals surface area contributed by atoms with E-state index in [1.165, 1.54) is 11.6 Å². The van der Waals surface area contributed by atoms with Crippen LogP contribution in [0.2, 0.25) is 0 Å². The van der Waals surface area contributed by atoms with Gasteiger partial charge in [-0.15, -0.1) is 0 Å². The van der Waals surface area contributed by atoms with Crippen LogP contribution in [0.3, 0.4) is 0 Å². The van der Waals surface area contributed by atoms with Gasteiger partial charge in [-0.25, -0.2) is 9.24 Å². The van der Waals surface area contributed by atoms with Gasteiger partial charge in [0, 0.05) is 38.3 Å². The van der Waals surface area contributed by atoms with Gasteiger partial charge < -0.3 is 4.90 Å². The van der Waals surface area contributed by atoms with E-state index >= 15 is 0 Å². The van der Waals surface area contributed by atoms with E-state index in [0.29, 0.717) is 16.9 Å². The van der Waals surface area contributed by atoms with Crippen molar-refractivity contribution >= 4 is 17.7 Å². The van der Waals surface area contributed by atoms with E-state index in [9.17, 15) is 9.18 Å². The Balaban J connectivity index is 1.59. The van der Waals surface area contributed by atoms with Gasteiger partial charge in [0.15, 0.2) is 5.69 Å². The lowest BCUT2D eigenvalue weighted by Gasteiger charge is -2.36. The molecule has 2 aromatic carbocycles. The van der Waals surface area contributed by atoms with Crippen molar-refractivity contribution in [1.29, 1.82) is 0 Å². The van der Waals surface area contributed by atoms with Gasteiger partial charge in [-0.3, -0.25) is 9.69 Å². The highest BCUT2D eigenvalue weighted by Crippen LogP contribution is 2.25. The minimum atomic E-state index is -0.332. The quantitative estimate of drug-likeness (QED) is 0.637. The van der Waals surface area contributed by atoms with Crippen LogP contribution >= 0.6 is 0 Å². The van der Waals surface area contributed by atoms with E-state index in [-0.39, 0.29) is 5.82 Å². The Morgan fingerprint density at radius 1 is 1.08 bits per heavy atom. The number of anilines is 1. The average molecular weight is 323 g/mol. The van der Waals surface area contributed by atoms with E-state index in [2.05, 4.69) is 9.74 Å². The smallest absolute Gasteiger partial charge is 0.190 e. The second-order valence-corrected chi connectivity index (χ2v) is 5.87. The SMILES string of the molecule is [C-]#[N+]c1ccc(N2CCN(Cc3ccc(C=O)cc3)CC2)c(F)c1. The highest BCUT2D eigenvalue weighted by molar-refractivity contribution is 5.74. The molecule has 0 radical (unpaired) electrons. The van der Waals surface area contributed by atoms with Crippen molar-refractivity contribution < 1.29 is 9.18 Å². The van der Waals surface area contributed by atoms with Crippen LogP contribution in [-0.2, 0) is 6.54 Å². The number of piperazine rings is 1. The van der Waals surface area contributed by atoms with Crippen LogP contribution in [0.25, 0.3) is 4.85 Å². The molecule has 2 aromatic rings. The molecule has 122 valence electrons. The molecule has 0 atom stereocenters. The second kappa shape index (κ2) is 7.24. The molecule has 0 aromatic heterocycles. The summed E-state index contributed by atoms with van der Waals surface area (Å²) in [5.41, 5.74) is 2.74. The maximum Gasteiger partial charge on any atom is 0.190 e. The molecular weight excluding hydrogens is 305 g/mol. The molecule has 0 saturated carbocycles. The van der Waals surface area contributed by atoms with Gasteiger partial charge in [0.1, 0.15) is 12.1 Å². The Morgan fingerprint density at radius 3 is 2.38 bits per heavy atom. The molecule has 0 amide bonds. The molecular formula is C19H18FN3O. The summed E-state index contributed by atoms with van der Waals surface area (Å²) in [7, 11) is 0. The number of rotatable bonds is 4. The third-order valence-electron chi connectivity index (χ3n) is 4.30. The highest BCUT2D eigenvalue weighted by Gasteiger charge is 2.19. The molecule has 3 rings (SSSR count). The molecule has 0 bridgehead atoms. The van der Waals surface area contributed by atoms with Gasteiger partial charge in [-0.2, -0.15) is 0 Å². The molecule has 1 saturated heterocycles. The van der Waals surface area contributed by atoms with Gasteiger partial charge in [0.25, 0.3) is 0 Å². The predicted molar refractivity (Wildman–Crippen MR) is 92.0 cm³/mol. The summed E-state index contributed by atoms with van der Waals surface area (Å²) in [5.74, 6) is -0.332. The van der Waals surface area contributed by atoms with Gasteiger partial charge in [0.2, 0.25) is 0 Å². The summed E-state index contributed by atoms with van der Waals surface area (Å²) in [6.45, 7) is 11.0. The second-order valence-electron chi connectivity index (χ2n) is 5.87. The highest BCUT2D eigenvalue weighted by atomic mass is 19.1. The lowest BCUT2D eigenvalue weighted by Crippen LogP contribution is -2.46. The van der Waals surface area contributed by atoms with Gasteiger partial charge in [-0.05, 0) is 17.7 Å². The van der Waals surface area contributed by atoms with Crippen LogP contribution < -0.4 is 4.90 Å². The maximum absolute atomic E-state index is 14.1. The first-order valence-electron chi connectivity index (χ1n) is 7.88. The first-order chi connectivity index (χ1) is 11.7. The van der Waals surface area contributed by atoms with Crippen LogP contribution in [-0.4, -0.2) is 37.4 Å². The van der Waals surface area contributed by atoms with Crippen molar-refractivity contribution in [2.24, 2.45) is 0 Å². The van der Waals surface area contributed by atoms with Crippen molar-refractivity contribution in [2.75, 3.05) is 31.1 Å². The Labute approximate surface area is 140 Å². The molecule has 1 fully saturated rings. The number of nitrogens with zero attached hydrogens (tertiary/aromatic N) is 3. The number of hydrogen-bond donors (Lipinski definition) is 0. The largest absolute Gasteiger partial charge is 0.367 e. The monoisotopic (exact) mass is 323 g/mol. The lowest BCUT2D eigenvalue weighted by atomic mass is 10.1. The number of benzene rings is 2. The van der Waals surface area contributed by atoms with E-state index < -0.39 is 0 Å². The third-order valence-corrected chi connectivity index (χ3v) is 4.30. The molecule has 4 nitrogen and oxygen atoms in total. The van der Waals surface area contributed by atoms with E-state index in [1.807, 2.05) is 29.2 Å². The molecule has 1 heterocycles. The minimum Gasteiger partial charge on any atom is -0.367 e. The normalized spacial score (nSPS) is 15.1. The van der Waals surface area contributed by atoms with Crippen molar-refractivity contribution in [3.63, 3.8) is 0 Å². The lowest BCUT2D eigenvalue weighted by molar-refractivity contribution is 0.112. The number of hydrogen-bond acceptors (Lipinski definition) is 3. The summed E-state index contributed by atoms with van der Waals surface area (Å²) < 4.78 is 14.1. The Kier molecular flexibility index (Phi) is 4.88. The van der Waals surface area contributed by atoms with Crippen LogP contribution in [0.15, 0.2) is 42.5 Å². The number of aldehydes is 1. The molecule has 0 N–H and O–H groups in total. The number of halogens is 1. The average Bonchev–Trinajstić information content (AvgIpc) is 2.63. The zero-order chi connectivity index (χ0) is 16.9. The predicted octanol–water partition coefficient (Wildman–Crippen LogP) is 3.51. The summed E-state index contributed by atoms with van der Waals surface area (Å²) >= 11 is 0. The molecule has 0 spiro atoms. The van der Waals surface area contributed by atoms with Crippen molar-refractivity contribution in [3.8, 4) is 0 Å². The molecule has 1 aliphatic heterocycles. The first kappa shape index (κ1) is 16.2. The zero-order valence-electron chi connectivity index (χ0n) is 13.3. The van der Waals surface area contributed by atoms with E-state index in [1.54, 1.807) is 12.1 Å². The first-order valence-corrected chi connectivity index (χ1v) is 7.88. The van der Waals surface area contributed by atoms with Crippen LogP contribution in [0.5, 0.6) is 0 Å². The zero-order valence-corrected chi connectivity index (χ0v) is 13.3. The molecule has 0 aliphatic carbocycles. The fourth-order valence-electron chi connectivity index (χ4n) is 2.93. The summed E-state index contributed by atoms with van der Waals surface area (Å²) in [5, 5.41) is 0. The van der Waals surface area contributed by atoms with Gasteiger partial charge >= 0.3 is 0 Å². The van der Waals surface area contributed by atoms with Crippen molar-refractivity contribution in [3.05, 3.63) is 70.8 Å². The molecule has 0 unspecified atom stereocenters. The topological polar surface area (TPSA) is 27.9 Å². The van der Waals surface area contributed by atoms with Crippen molar-refractivity contribution in [1.82, 2.24) is 4.90 Å².